The summed E-state index contributed by atoms with van der Waals surface area (Å²) in [6, 6.07) is 0. The zero-order valence-electron chi connectivity index (χ0n) is 4.06. The van der Waals surface area contributed by atoms with Crippen molar-refractivity contribution in [3.63, 3.8) is 0 Å². The first kappa shape index (κ1) is 6.77. The molecule has 1 nitrogen and oxygen atoms in total. The summed E-state index contributed by atoms with van der Waals surface area (Å²) >= 11 is 0.771. The molecule has 6 heavy (non-hydrogen) atoms. The summed E-state index contributed by atoms with van der Waals surface area (Å²) in [4.78, 5) is 10.2. The van der Waals surface area contributed by atoms with Gasteiger partial charge in [-0.05, 0) is 0 Å². The summed E-state index contributed by atoms with van der Waals surface area (Å²) in [7, 11) is 0. The minimum atomic E-state index is 0.271. The Hall–Kier alpha value is 0.774. The Kier molecular flexibility index (Phi) is 3.24. The topological polar surface area (TPSA) is 17.1 Å². The number of hydrogen-bond donors (Lipinski definition) is 0. The third-order valence-electron chi connectivity index (χ3n) is 0.569. The van der Waals surface area contributed by atoms with Crippen molar-refractivity contribution in [2.24, 2.45) is 5.92 Å². The average molecular weight is 160 g/mol. The molecule has 32 valence electrons. The fourth-order valence-corrected chi connectivity index (χ4v) is 0. The molecule has 2 heteroatoms. The van der Waals surface area contributed by atoms with Gasteiger partial charge in [0.1, 0.15) is 0 Å². The average Bonchev–Trinajstić information content (AvgIpc) is 1.36. The van der Waals surface area contributed by atoms with Gasteiger partial charge >= 0.3 is 58.1 Å². The number of carbonyl (C=O) groups excluding carboxylic acids is 1. The summed E-state index contributed by atoms with van der Waals surface area (Å²) in [5, 5.41) is 0. The predicted octanol–water partition coefficient (Wildman–Crippen LogP) is 0.716. The van der Waals surface area contributed by atoms with Crippen LogP contribution in [0.3, 0.4) is 0 Å². The minimum absolute atomic E-state index is 0.271. The number of carbonyl (C=O) groups is 1. The van der Waals surface area contributed by atoms with Crippen molar-refractivity contribution in [3.05, 3.63) is 0 Å². The van der Waals surface area contributed by atoms with Crippen molar-refractivity contribution in [2.45, 2.75) is 13.8 Å². The first-order valence-corrected chi connectivity index (χ1v) is 3.36. The predicted molar refractivity (Wildman–Crippen MR) is 19.8 cm³/mol. The fraction of sp³-hybridized carbons (Fsp3) is 0.750. The van der Waals surface area contributed by atoms with Gasteiger partial charge in [-0.2, -0.15) is 0 Å². The Morgan fingerprint density at radius 2 is 1.83 bits per heavy atom. The third-order valence-corrected chi connectivity index (χ3v) is 2.21. The first-order valence-electron chi connectivity index (χ1n) is 1.94. The summed E-state index contributed by atoms with van der Waals surface area (Å²) in [6.45, 7) is 3.85. The Balaban J connectivity index is 3.26. The third kappa shape index (κ3) is 2.98. The van der Waals surface area contributed by atoms with Crippen molar-refractivity contribution >= 4 is 2.59 Å². The molecule has 0 fully saturated rings. The molecule has 0 atom stereocenters. The van der Waals surface area contributed by atoms with Crippen LogP contribution in [0.1, 0.15) is 13.8 Å². The summed E-state index contributed by atoms with van der Waals surface area (Å²) in [5.74, 6) is 0.271. The normalized spacial score (nSPS) is 9.00. The Morgan fingerprint density at radius 3 is 1.83 bits per heavy atom. The quantitative estimate of drug-likeness (QED) is 0.552. The molecule has 0 unspecified atom stereocenters. The van der Waals surface area contributed by atoms with E-state index in [0.717, 1.165) is 31.0 Å². The van der Waals surface area contributed by atoms with Crippen LogP contribution in [-0.2, 0) is 35.7 Å². The van der Waals surface area contributed by atoms with Crippen molar-refractivity contribution in [3.8, 4) is 0 Å². The molecule has 0 amide bonds. The molecule has 0 saturated carbocycles. The van der Waals surface area contributed by atoms with E-state index in [4.69, 9.17) is 0 Å². The van der Waals surface area contributed by atoms with Crippen LogP contribution in [0.5, 0.6) is 0 Å². The van der Waals surface area contributed by atoms with Crippen molar-refractivity contribution in [1.29, 1.82) is 0 Å². The molecule has 0 rings (SSSR count). The molecular formula is C4H7OY. The van der Waals surface area contributed by atoms with Crippen molar-refractivity contribution in [1.82, 2.24) is 0 Å². The SMILES string of the molecule is CC(C)[C](=O)[Y]. The van der Waals surface area contributed by atoms with E-state index in [1.165, 1.54) is 0 Å². The molecule has 0 aromatic heterocycles. The van der Waals surface area contributed by atoms with Gasteiger partial charge in [0, 0.05) is 0 Å². The van der Waals surface area contributed by atoms with Crippen LogP contribution in [0.15, 0.2) is 0 Å². The van der Waals surface area contributed by atoms with Gasteiger partial charge in [-0.25, -0.2) is 0 Å². The molecule has 0 aliphatic carbocycles. The van der Waals surface area contributed by atoms with E-state index in [0.29, 0.717) is 2.59 Å². The molecule has 0 bridgehead atoms. The van der Waals surface area contributed by atoms with Crippen molar-refractivity contribution < 1.29 is 35.7 Å². The Bertz CT molecular complexity index is 58.6. The molecule has 0 heterocycles. The summed E-state index contributed by atoms with van der Waals surface area (Å²) in [6.07, 6.45) is 0. The van der Waals surface area contributed by atoms with E-state index in [1.807, 2.05) is 13.8 Å². The second-order valence-corrected chi connectivity index (χ2v) is 2.96. The molecule has 0 aromatic carbocycles. The van der Waals surface area contributed by atoms with Gasteiger partial charge in [-0.15, -0.1) is 0 Å². The van der Waals surface area contributed by atoms with Gasteiger partial charge in [0.2, 0.25) is 0 Å². The Labute approximate surface area is 57.9 Å². The maximum atomic E-state index is 10.2. The van der Waals surface area contributed by atoms with E-state index in [-0.39, 0.29) is 5.92 Å². The molecule has 0 radical (unpaired) electrons. The van der Waals surface area contributed by atoms with E-state index in [2.05, 4.69) is 0 Å². The van der Waals surface area contributed by atoms with Crippen LogP contribution in [0, 0.1) is 5.92 Å². The monoisotopic (exact) mass is 160 g/mol. The summed E-state index contributed by atoms with van der Waals surface area (Å²) in [5.41, 5.74) is 0. The van der Waals surface area contributed by atoms with Crippen LogP contribution in [0.2, 0.25) is 0 Å². The first-order chi connectivity index (χ1) is 2.64. The number of hydrogen-bond acceptors (Lipinski definition) is 1. The maximum absolute atomic E-state index is 10.2. The zero-order valence-corrected chi connectivity index (χ0v) is 6.90. The summed E-state index contributed by atoms with van der Waals surface area (Å²) < 4.78 is 0.389. The zero-order chi connectivity index (χ0) is 5.15. The molecule has 0 aliphatic rings. The molecule has 0 aromatic rings. The van der Waals surface area contributed by atoms with E-state index >= 15 is 0 Å². The molecule has 0 saturated heterocycles. The van der Waals surface area contributed by atoms with Crippen LogP contribution >= 0.6 is 0 Å². The van der Waals surface area contributed by atoms with Crippen LogP contribution in [0.25, 0.3) is 0 Å². The van der Waals surface area contributed by atoms with Gasteiger partial charge in [0.15, 0.2) is 0 Å². The second kappa shape index (κ2) is 2.87. The molecule has 0 N–H and O–H groups in total. The van der Waals surface area contributed by atoms with Crippen LogP contribution in [-0.4, -0.2) is 2.59 Å². The molecule has 0 aliphatic heterocycles. The van der Waals surface area contributed by atoms with E-state index in [1.54, 1.807) is 0 Å². The molecule has 0 spiro atoms. The second-order valence-electron chi connectivity index (χ2n) is 1.56. The van der Waals surface area contributed by atoms with E-state index < -0.39 is 0 Å². The standard InChI is InChI=1S/C4H7O.Y/c1-4(2)3-5;/h4H,1-2H3;. The van der Waals surface area contributed by atoms with Crippen molar-refractivity contribution in [2.75, 3.05) is 0 Å². The van der Waals surface area contributed by atoms with Crippen LogP contribution in [0.4, 0.5) is 0 Å². The van der Waals surface area contributed by atoms with Gasteiger partial charge in [-0.1, -0.05) is 0 Å². The van der Waals surface area contributed by atoms with Crippen LogP contribution < -0.4 is 0 Å². The Morgan fingerprint density at radius 1 is 1.67 bits per heavy atom. The number of rotatable bonds is 1. The van der Waals surface area contributed by atoms with Gasteiger partial charge in [0.05, 0.1) is 0 Å². The van der Waals surface area contributed by atoms with Gasteiger partial charge in [-0.3, -0.25) is 0 Å². The van der Waals surface area contributed by atoms with Gasteiger partial charge in [0.25, 0.3) is 0 Å². The fourth-order valence-electron chi connectivity index (χ4n) is 0. The van der Waals surface area contributed by atoms with Gasteiger partial charge < -0.3 is 0 Å². The van der Waals surface area contributed by atoms with E-state index in [9.17, 15) is 4.79 Å². The molecular weight excluding hydrogens is 153 g/mol.